The third-order valence-corrected chi connectivity index (χ3v) is 8.38. The van der Waals surface area contributed by atoms with Crippen molar-refractivity contribution in [1.29, 1.82) is 0 Å². The molecule has 0 radical (unpaired) electrons. The predicted molar refractivity (Wildman–Crippen MR) is 154 cm³/mol. The number of unbranched alkanes of at least 4 members (excludes halogenated alkanes) is 1. The Morgan fingerprint density at radius 3 is 2.37 bits per heavy atom. The minimum absolute atomic E-state index is 0. The standard InChI is InChI=1S/C31H32O7S2.Na/c1-3-4-17-38-23-11-13-24(14-12-23)39-29-16-10-22(19-30(29)40(34,35)36)25-7-5-6-8-26(25)31(33)27-18-21(20-37-2)9-15-28(27)32;/h5-16,18-19,31-33H,3-4,17,20H2,1-2H3,(H,34,35,36);/q;+1/p-1. The molecule has 0 saturated heterocycles. The average molecular weight is 603 g/mol. The largest absolute Gasteiger partial charge is 1.00 e. The predicted octanol–water partition coefficient (Wildman–Crippen LogP) is 3.53. The first-order valence-corrected chi connectivity index (χ1v) is 15.0. The number of rotatable bonds is 12. The van der Waals surface area contributed by atoms with Gasteiger partial charge in [0.2, 0.25) is 0 Å². The molecule has 0 bridgehead atoms. The first kappa shape index (κ1) is 33.2. The number of methoxy groups -OCH3 is 1. The van der Waals surface area contributed by atoms with E-state index < -0.39 is 16.2 Å². The summed E-state index contributed by atoms with van der Waals surface area (Å²) in [6.07, 6.45) is 0.770. The van der Waals surface area contributed by atoms with E-state index in [0.717, 1.165) is 29.1 Å². The van der Waals surface area contributed by atoms with Crippen LogP contribution in [0.5, 0.6) is 11.5 Å². The Hall–Kier alpha value is -2.34. The summed E-state index contributed by atoms with van der Waals surface area (Å²) >= 11 is 1.17. The summed E-state index contributed by atoms with van der Waals surface area (Å²) in [6.45, 7) is 3.02. The van der Waals surface area contributed by atoms with Crippen molar-refractivity contribution < 1.29 is 62.2 Å². The molecule has 7 nitrogen and oxygen atoms in total. The summed E-state index contributed by atoms with van der Waals surface area (Å²) in [5.41, 5.74) is 2.48. The van der Waals surface area contributed by atoms with Crippen LogP contribution in [0.15, 0.2) is 99.6 Å². The molecule has 10 heteroatoms. The summed E-state index contributed by atoms with van der Waals surface area (Å²) < 4.78 is 47.8. The number of aromatic hydroxyl groups is 1. The number of phenolic OH excluding ortho intramolecular Hbond substituents is 1. The van der Waals surface area contributed by atoms with Gasteiger partial charge in [0, 0.05) is 22.5 Å². The van der Waals surface area contributed by atoms with Crippen molar-refractivity contribution in [3.8, 4) is 22.6 Å². The molecule has 0 spiro atoms. The van der Waals surface area contributed by atoms with Crippen LogP contribution in [-0.2, 0) is 21.5 Å². The van der Waals surface area contributed by atoms with Gasteiger partial charge in [-0.1, -0.05) is 61.5 Å². The van der Waals surface area contributed by atoms with Crippen molar-refractivity contribution in [3.05, 3.63) is 102 Å². The van der Waals surface area contributed by atoms with E-state index in [4.69, 9.17) is 9.47 Å². The Balaban J connectivity index is 0.00000462. The molecule has 4 aromatic carbocycles. The molecule has 210 valence electrons. The van der Waals surface area contributed by atoms with Crippen molar-refractivity contribution in [3.63, 3.8) is 0 Å². The zero-order valence-corrected chi connectivity index (χ0v) is 26.9. The number of benzene rings is 4. The van der Waals surface area contributed by atoms with Gasteiger partial charge in [0.05, 0.1) is 18.1 Å². The quantitative estimate of drug-likeness (QED) is 0.144. The maximum Gasteiger partial charge on any atom is 1.00 e. The minimum Gasteiger partial charge on any atom is -0.744 e. The summed E-state index contributed by atoms with van der Waals surface area (Å²) in [5.74, 6) is 0.636. The molecule has 1 atom stereocenters. The van der Waals surface area contributed by atoms with Gasteiger partial charge < -0.3 is 24.2 Å². The molecule has 0 aliphatic rings. The van der Waals surface area contributed by atoms with Crippen molar-refractivity contribution >= 4 is 21.9 Å². The van der Waals surface area contributed by atoms with Crippen LogP contribution >= 0.6 is 11.8 Å². The van der Waals surface area contributed by atoms with Gasteiger partial charge >= 0.3 is 29.6 Å². The van der Waals surface area contributed by atoms with E-state index in [0.29, 0.717) is 34.8 Å². The van der Waals surface area contributed by atoms with E-state index in [1.807, 2.05) is 24.3 Å². The van der Waals surface area contributed by atoms with Crippen LogP contribution in [0.3, 0.4) is 0 Å². The molecule has 0 aromatic heterocycles. The molecule has 4 aromatic rings. The van der Waals surface area contributed by atoms with E-state index in [-0.39, 0.29) is 45.8 Å². The van der Waals surface area contributed by atoms with Crippen LogP contribution in [0.4, 0.5) is 0 Å². The first-order valence-electron chi connectivity index (χ1n) is 12.8. The zero-order chi connectivity index (χ0) is 28.7. The summed E-state index contributed by atoms with van der Waals surface area (Å²) in [4.78, 5) is 0.691. The second kappa shape index (κ2) is 15.2. The molecule has 0 aliphatic heterocycles. The second-order valence-corrected chi connectivity index (χ2v) is 11.7. The van der Waals surface area contributed by atoms with Crippen molar-refractivity contribution in [2.24, 2.45) is 0 Å². The van der Waals surface area contributed by atoms with Gasteiger partial charge in [-0.2, -0.15) is 0 Å². The van der Waals surface area contributed by atoms with Gasteiger partial charge in [0.1, 0.15) is 27.7 Å². The van der Waals surface area contributed by atoms with Gasteiger partial charge in [0.25, 0.3) is 0 Å². The second-order valence-electron chi connectivity index (χ2n) is 9.21. The molecule has 41 heavy (non-hydrogen) atoms. The van der Waals surface area contributed by atoms with E-state index in [1.54, 1.807) is 55.6 Å². The SMILES string of the molecule is CCCCOc1ccc(Sc2ccc(-c3ccccc3C(O)c3cc(COC)ccc3O)cc2S(=O)(=O)[O-])cc1.[Na+]. The normalized spacial score (nSPS) is 12.0. The molecule has 0 heterocycles. The maximum absolute atomic E-state index is 12.3. The van der Waals surface area contributed by atoms with Gasteiger partial charge in [-0.05, 0) is 77.2 Å². The Bertz CT molecular complexity index is 1560. The van der Waals surface area contributed by atoms with Crippen LogP contribution in [0.1, 0.15) is 42.6 Å². The smallest absolute Gasteiger partial charge is 0.744 e. The van der Waals surface area contributed by atoms with Crippen LogP contribution in [-0.4, -0.2) is 36.9 Å². The fourth-order valence-electron chi connectivity index (χ4n) is 4.27. The van der Waals surface area contributed by atoms with Crippen molar-refractivity contribution in [1.82, 2.24) is 0 Å². The third kappa shape index (κ3) is 8.59. The van der Waals surface area contributed by atoms with Gasteiger partial charge in [0.15, 0.2) is 0 Å². The Labute approximate surface area is 267 Å². The van der Waals surface area contributed by atoms with Crippen molar-refractivity contribution in [2.45, 2.75) is 47.2 Å². The number of hydrogen-bond acceptors (Lipinski definition) is 8. The number of ether oxygens (including phenoxy) is 2. The number of aliphatic hydroxyl groups is 1. The van der Waals surface area contributed by atoms with E-state index >= 15 is 0 Å². The average Bonchev–Trinajstić information content (AvgIpc) is 2.94. The zero-order valence-electron chi connectivity index (χ0n) is 23.2. The maximum atomic E-state index is 12.3. The summed E-state index contributed by atoms with van der Waals surface area (Å²) in [5, 5.41) is 21.7. The molecule has 1 unspecified atom stereocenters. The molecule has 0 amide bonds. The molecule has 0 saturated carbocycles. The minimum atomic E-state index is -4.82. The van der Waals surface area contributed by atoms with Gasteiger partial charge in [-0.25, -0.2) is 8.42 Å². The van der Waals surface area contributed by atoms with E-state index in [1.165, 1.54) is 23.9 Å². The number of hydrogen-bond donors (Lipinski definition) is 2. The Kier molecular flexibility index (Phi) is 12.3. The fourth-order valence-corrected chi connectivity index (χ4v) is 6.10. The van der Waals surface area contributed by atoms with Crippen LogP contribution in [0.25, 0.3) is 11.1 Å². The number of aliphatic hydroxyl groups excluding tert-OH is 1. The van der Waals surface area contributed by atoms with E-state index in [2.05, 4.69) is 6.92 Å². The Morgan fingerprint density at radius 2 is 1.68 bits per heavy atom. The molecule has 0 aliphatic carbocycles. The van der Waals surface area contributed by atoms with Crippen molar-refractivity contribution in [2.75, 3.05) is 13.7 Å². The van der Waals surface area contributed by atoms with Crippen LogP contribution in [0, 0.1) is 0 Å². The molecular weight excluding hydrogens is 571 g/mol. The topological polar surface area (TPSA) is 116 Å². The van der Waals surface area contributed by atoms with Gasteiger partial charge in [-0.15, -0.1) is 0 Å². The molecule has 0 fully saturated rings. The summed E-state index contributed by atoms with van der Waals surface area (Å²) in [7, 11) is -3.27. The first-order chi connectivity index (χ1) is 19.2. The third-order valence-electron chi connectivity index (χ3n) is 6.30. The molecular formula is C31H31NaO7S2. The fraction of sp³-hybridized carbons (Fsp3) is 0.226. The Morgan fingerprint density at radius 1 is 0.951 bits per heavy atom. The van der Waals surface area contributed by atoms with Crippen LogP contribution < -0.4 is 34.3 Å². The summed E-state index contributed by atoms with van der Waals surface area (Å²) in [6, 6.07) is 23.7. The molecule has 2 N–H and O–H groups in total. The van der Waals surface area contributed by atoms with Gasteiger partial charge in [-0.3, -0.25) is 0 Å². The molecule has 4 rings (SSSR count). The monoisotopic (exact) mass is 602 g/mol. The van der Waals surface area contributed by atoms with Crippen LogP contribution in [0.2, 0.25) is 0 Å². The van der Waals surface area contributed by atoms with E-state index in [9.17, 15) is 23.2 Å². The number of phenols is 1.